The Labute approximate surface area is 133 Å². The number of anilines is 1. The number of hydrogen-bond acceptors (Lipinski definition) is 4. The van der Waals surface area contributed by atoms with Crippen molar-refractivity contribution in [3.05, 3.63) is 23.2 Å². The molecule has 1 rings (SSSR count). The van der Waals surface area contributed by atoms with Crippen molar-refractivity contribution in [3.63, 3.8) is 0 Å². The molecule has 0 radical (unpaired) electrons. The molecule has 0 atom stereocenters. The Hall–Kier alpha value is -1.99. The first-order valence-corrected chi connectivity index (χ1v) is 7.18. The lowest BCUT2D eigenvalue weighted by Gasteiger charge is -2.14. The molecule has 8 heteroatoms. The standard InChI is InChI=1S/C14H19ClN2O5/c1-2-21-8-9-22-13-10(15)4-3-5-11(13)17-14(20)16-7-6-12(18)19/h3-5H,2,6-9H2,1H3,(H,18,19)(H2,16,17,20). The fraction of sp³-hybridized carbons (Fsp3) is 0.429. The molecule has 0 aliphatic heterocycles. The van der Waals surface area contributed by atoms with Crippen molar-refractivity contribution in [2.45, 2.75) is 13.3 Å². The number of rotatable bonds is 9. The molecule has 0 aromatic heterocycles. The number of carboxylic acids is 1. The second kappa shape index (κ2) is 9.86. The first kappa shape index (κ1) is 18.1. The van der Waals surface area contributed by atoms with Crippen LogP contribution in [-0.2, 0) is 9.53 Å². The molecule has 3 N–H and O–H groups in total. The highest BCUT2D eigenvalue weighted by atomic mass is 35.5. The fourth-order valence-electron chi connectivity index (χ4n) is 1.55. The topological polar surface area (TPSA) is 96.9 Å². The minimum Gasteiger partial charge on any atom is -0.487 e. The van der Waals surface area contributed by atoms with E-state index < -0.39 is 12.0 Å². The summed E-state index contributed by atoms with van der Waals surface area (Å²) in [4.78, 5) is 22.1. The lowest BCUT2D eigenvalue weighted by atomic mass is 10.3. The zero-order chi connectivity index (χ0) is 16.4. The van der Waals surface area contributed by atoms with E-state index in [1.165, 1.54) is 0 Å². The highest BCUT2D eigenvalue weighted by Gasteiger charge is 2.11. The van der Waals surface area contributed by atoms with Crippen molar-refractivity contribution < 1.29 is 24.2 Å². The van der Waals surface area contributed by atoms with Crippen LogP contribution in [0.4, 0.5) is 10.5 Å². The van der Waals surface area contributed by atoms with Crippen LogP contribution in [0, 0.1) is 0 Å². The molecule has 0 saturated heterocycles. The molecule has 0 heterocycles. The third-order valence-electron chi connectivity index (χ3n) is 2.52. The number of amides is 2. The van der Waals surface area contributed by atoms with Gasteiger partial charge in [-0.2, -0.15) is 0 Å². The molecular formula is C14H19ClN2O5. The van der Waals surface area contributed by atoms with E-state index in [4.69, 9.17) is 26.2 Å². The van der Waals surface area contributed by atoms with Crippen molar-refractivity contribution in [1.82, 2.24) is 5.32 Å². The Bertz CT molecular complexity index is 510. The molecule has 0 saturated carbocycles. The highest BCUT2D eigenvalue weighted by Crippen LogP contribution is 2.32. The molecule has 22 heavy (non-hydrogen) atoms. The third kappa shape index (κ3) is 6.64. The molecule has 1 aromatic rings. The monoisotopic (exact) mass is 330 g/mol. The van der Waals surface area contributed by atoms with Gasteiger partial charge in [-0.1, -0.05) is 17.7 Å². The van der Waals surface area contributed by atoms with Gasteiger partial charge in [0.15, 0.2) is 5.75 Å². The Morgan fingerprint density at radius 1 is 1.32 bits per heavy atom. The summed E-state index contributed by atoms with van der Waals surface area (Å²) in [6.07, 6.45) is -0.152. The van der Waals surface area contributed by atoms with Crippen molar-refractivity contribution in [2.24, 2.45) is 0 Å². The number of benzene rings is 1. The van der Waals surface area contributed by atoms with Crippen LogP contribution in [0.25, 0.3) is 0 Å². The Kier molecular flexibility index (Phi) is 8.09. The van der Waals surface area contributed by atoms with Crippen molar-refractivity contribution in [1.29, 1.82) is 0 Å². The zero-order valence-corrected chi connectivity index (χ0v) is 13.0. The maximum atomic E-state index is 11.7. The van der Waals surface area contributed by atoms with Gasteiger partial charge in [-0.3, -0.25) is 4.79 Å². The Morgan fingerprint density at radius 2 is 2.09 bits per heavy atom. The van der Waals surface area contributed by atoms with Crippen molar-refractivity contribution in [2.75, 3.05) is 31.7 Å². The number of nitrogens with one attached hydrogen (secondary N) is 2. The predicted molar refractivity (Wildman–Crippen MR) is 82.7 cm³/mol. The Balaban J connectivity index is 2.59. The summed E-state index contributed by atoms with van der Waals surface area (Å²) in [5, 5.41) is 13.9. The number of carboxylic acid groups (broad SMARTS) is 1. The van der Waals surface area contributed by atoms with Crippen molar-refractivity contribution >= 4 is 29.3 Å². The number of carbonyl (C=O) groups excluding carboxylic acids is 1. The lowest BCUT2D eigenvalue weighted by molar-refractivity contribution is -0.136. The van der Waals surface area contributed by atoms with E-state index in [2.05, 4.69) is 10.6 Å². The van der Waals surface area contributed by atoms with Crippen LogP contribution in [0.2, 0.25) is 5.02 Å². The summed E-state index contributed by atoms with van der Waals surface area (Å²) in [6, 6.07) is 4.42. The second-order valence-electron chi connectivity index (χ2n) is 4.19. The van der Waals surface area contributed by atoms with Crippen LogP contribution in [0.1, 0.15) is 13.3 Å². The molecule has 0 aliphatic rings. The third-order valence-corrected chi connectivity index (χ3v) is 2.82. The van der Waals surface area contributed by atoms with E-state index in [1.54, 1.807) is 18.2 Å². The van der Waals surface area contributed by atoms with E-state index >= 15 is 0 Å². The number of ether oxygens (including phenoxy) is 2. The quantitative estimate of drug-likeness (QED) is 0.604. The number of halogens is 1. The molecule has 122 valence electrons. The number of para-hydroxylation sites is 1. The summed E-state index contributed by atoms with van der Waals surface area (Å²) >= 11 is 6.06. The minimum atomic E-state index is -0.983. The lowest BCUT2D eigenvalue weighted by Crippen LogP contribution is -2.30. The normalized spacial score (nSPS) is 10.1. The van der Waals surface area contributed by atoms with Gasteiger partial charge in [-0.05, 0) is 19.1 Å². The van der Waals surface area contributed by atoms with Crippen LogP contribution in [0.15, 0.2) is 18.2 Å². The van der Waals surface area contributed by atoms with Crippen LogP contribution in [0.3, 0.4) is 0 Å². The first-order chi connectivity index (χ1) is 10.5. The van der Waals surface area contributed by atoms with Gasteiger partial charge in [0, 0.05) is 13.2 Å². The molecule has 2 amide bonds. The summed E-state index contributed by atoms with van der Waals surface area (Å²) in [5.41, 5.74) is 0.400. The molecule has 0 fully saturated rings. The van der Waals surface area contributed by atoms with Gasteiger partial charge in [-0.15, -0.1) is 0 Å². The summed E-state index contributed by atoms with van der Waals surface area (Å²) in [7, 11) is 0. The number of carbonyl (C=O) groups is 2. The molecule has 1 aromatic carbocycles. The molecular weight excluding hydrogens is 312 g/mol. The summed E-state index contributed by atoms with van der Waals surface area (Å²) in [5.74, 6) is -0.639. The van der Waals surface area contributed by atoms with E-state index in [-0.39, 0.29) is 13.0 Å². The van der Waals surface area contributed by atoms with E-state index in [0.29, 0.717) is 36.3 Å². The smallest absolute Gasteiger partial charge is 0.319 e. The van der Waals surface area contributed by atoms with E-state index in [1.807, 2.05) is 6.92 Å². The van der Waals surface area contributed by atoms with E-state index in [9.17, 15) is 9.59 Å². The van der Waals surface area contributed by atoms with Crippen LogP contribution < -0.4 is 15.4 Å². The van der Waals surface area contributed by atoms with Gasteiger partial charge in [-0.25, -0.2) is 4.79 Å². The van der Waals surface area contributed by atoms with Gasteiger partial charge >= 0.3 is 12.0 Å². The number of urea groups is 1. The largest absolute Gasteiger partial charge is 0.487 e. The second-order valence-corrected chi connectivity index (χ2v) is 4.59. The van der Waals surface area contributed by atoms with Crippen LogP contribution >= 0.6 is 11.6 Å². The van der Waals surface area contributed by atoms with E-state index in [0.717, 1.165) is 0 Å². The first-order valence-electron chi connectivity index (χ1n) is 6.80. The average molecular weight is 331 g/mol. The molecule has 0 spiro atoms. The van der Waals surface area contributed by atoms with Crippen LogP contribution in [-0.4, -0.2) is 43.5 Å². The SMILES string of the molecule is CCOCCOc1c(Cl)cccc1NC(=O)NCCC(=O)O. The zero-order valence-electron chi connectivity index (χ0n) is 12.2. The maximum Gasteiger partial charge on any atom is 0.319 e. The van der Waals surface area contributed by atoms with Gasteiger partial charge in [0.25, 0.3) is 0 Å². The van der Waals surface area contributed by atoms with Gasteiger partial charge in [0.1, 0.15) is 6.61 Å². The number of hydrogen-bond donors (Lipinski definition) is 3. The summed E-state index contributed by atoms with van der Waals surface area (Å²) in [6.45, 7) is 3.20. The van der Waals surface area contributed by atoms with Gasteiger partial charge in [0.05, 0.1) is 23.7 Å². The molecule has 0 bridgehead atoms. The summed E-state index contributed by atoms with van der Waals surface area (Å²) < 4.78 is 10.7. The Morgan fingerprint density at radius 3 is 2.77 bits per heavy atom. The minimum absolute atomic E-state index is 0.0300. The maximum absolute atomic E-state index is 11.7. The highest BCUT2D eigenvalue weighted by molar-refractivity contribution is 6.32. The fourth-order valence-corrected chi connectivity index (χ4v) is 1.78. The molecule has 7 nitrogen and oxygen atoms in total. The van der Waals surface area contributed by atoms with Gasteiger partial charge in [0.2, 0.25) is 0 Å². The van der Waals surface area contributed by atoms with Crippen molar-refractivity contribution in [3.8, 4) is 5.75 Å². The molecule has 0 aliphatic carbocycles. The van der Waals surface area contributed by atoms with Gasteiger partial charge < -0.3 is 25.2 Å². The molecule has 0 unspecified atom stereocenters. The van der Waals surface area contributed by atoms with Crippen LogP contribution in [0.5, 0.6) is 5.75 Å². The number of aliphatic carboxylic acids is 1. The predicted octanol–water partition coefficient (Wildman–Crippen LogP) is 2.35. The average Bonchev–Trinajstić information content (AvgIpc) is 2.45.